The summed E-state index contributed by atoms with van der Waals surface area (Å²) < 4.78 is 0. The standard InChI is InChI=1S/C10H19N3O2/c1-8(14)4-10(15)13-3-2-9(6-13)5-12-7-11/h7-9,14H,2-6H2,1H3,(H2,11,12). The molecule has 15 heavy (non-hydrogen) atoms. The van der Waals surface area contributed by atoms with Crippen LogP contribution in [0.4, 0.5) is 0 Å². The van der Waals surface area contributed by atoms with E-state index in [1.807, 2.05) is 0 Å². The average molecular weight is 213 g/mol. The van der Waals surface area contributed by atoms with Crippen molar-refractivity contribution < 1.29 is 9.90 Å². The highest BCUT2D eigenvalue weighted by atomic mass is 16.3. The number of aliphatic imine (C=N–C) groups is 1. The molecule has 0 aromatic heterocycles. The monoisotopic (exact) mass is 213 g/mol. The van der Waals surface area contributed by atoms with Gasteiger partial charge in [-0.2, -0.15) is 0 Å². The number of nitrogens with two attached hydrogens (primary N) is 1. The van der Waals surface area contributed by atoms with Crippen molar-refractivity contribution in [2.75, 3.05) is 19.6 Å². The molecule has 2 unspecified atom stereocenters. The fourth-order valence-electron chi connectivity index (χ4n) is 1.80. The minimum Gasteiger partial charge on any atom is -0.393 e. The van der Waals surface area contributed by atoms with E-state index in [0.717, 1.165) is 19.5 Å². The van der Waals surface area contributed by atoms with E-state index in [1.165, 1.54) is 6.34 Å². The third kappa shape index (κ3) is 3.87. The predicted octanol–water partition coefficient (Wildman–Crippen LogP) is -0.407. The van der Waals surface area contributed by atoms with Gasteiger partial charge in [0.2, 0.25) is 5.91 Å². The molecule has 0 saturated carbocycles. The molecule has 5 nitrogen and oxygen atoms in total. The maximum absolute atomic E-state index is 11.6. The molecule has 0 radical (unpaired) electrons. The van der Waals surface area contributed by atoms with Crippen LogP contribution in [-0.2, 0) is 4.79 Å². The van der Waals surface area contributed by atoms with Crippen molar-refractivity contribution in [3.05, 3.63) is 0 Å². The molecule has 1 saturated heterocycles. The molecule has 1 fully saturated rings. The first kappa shape index (κ1) is 12.0. The van der Waals surface area contributed by atoms with Crippen LogP contribution < -0.4 is 5.73 Å². The van der Waals surface area contributed by atoms with E-state index in [2.05, 4.69) is 4.99 Å². The normalized spacial score (nSPS) is 23.6. The zero-order valence-corrected chi connectivity index (χ0v) is 9.09. The SMILES string of the molecule is CC(O)CC(=O)N1CCC(CN=CN)C1. The highest BCUT2D eigenvalue weighted by molar-refractivity contribution is 5.76. The second-order valence-electron chi connectivity index (χ2n) is 4.06. The molecule has 86 valence electrons. The molecule has 1 aliphatic rings. The van der Waals surface area contributed by atoms with Gasteiger partial charge in [0.1, 0.15) is 0 Å². The fraction of sp³-hybridized carbons (Fsp3) is 0.800. The summed E-state index contributed by atoms with van der Waals surface area (Å²) in [6, 6.07) is 0. The molecular weight excluding hydrogens is 194 g/mol. The maximum Gasteiger partial charge on any atom is 0.225 e. The predicted molar refractivity (Wildman–Crippen MR) is 58.5 cm³/mol. The molecule has 0 aromatic carbocycles. The van der Waals surface area contributed by atoms with Crippen molar-refractivity contribution >= 4 is 12.2 Å². The Labute approximate surface area is 90.0 Å². The van der Waals surface area contributed by atoms with Crippen LogP contribution in [0.25, 0.3) is 0 Å². The third-order valence-corrected chi connectivity index (χ3v) is 2.58. The summed E-state index contributed by atoms with van der Waals surface area (Å²) >= 11 is 0. The van der Waals surface area contributed by atoms with Gasteiger partial charge in [-0.3, -0.25) is 9.79 Å². The lowest BCUT2D eigenvalue weighted by Gasteiger charge is -2.16. The molecule has 1 rings (SSSR count). The van der Waals surface area contributed by atoms with Crippen LogP contribution in [-0.4, -0.2) is 48.0 Å². The van der Waals surface area contributed by atoms with Gasteiger partial charge in [-0.25, -0.2) is 0 Å². The van der Waals surface area contributed by atoms with Crippen molar-refractivity contribution in [1.29, 1.82) is 0 Å². The Morgan fingerprint density at radius 1 is 1.80 bits per heavy atom. The smallest absolute Gasteiger partial charge is 0.225 e. The van der Waals surface area contributed by atoms with E-state index in [4.69, 9.17) is 10.8 Å². The van der Waals surface area contributed by atoms with E-state index >= 15 is 0 Å². The number of rotatable bonds is 4. The molecule has 0 bridgehead atoms. The molecule has 1 heterocycles. The van der Waals surface area contributed by atoms with Crippen molar-refractivity contribution in [3.63, 3.8) is 0 Å². The second-order valence-corrected chi connectivity index (χ2v) is 4.06. The van der Waals surface area contributed by atoms with Gasteiger partial charge in [0.25, 0.3) is 0 Å². The van der Waals surface area contributed by atoms with E-state index in [9.17, 15) is 4.79 Å². The number of aliphatic hydroxyl groups excluding tert-OH is 1. The average Bonchev–Trinajstić information content (AvgIpc) is 2.62. The van der Waals surface area contributed by atoms with Crippen molar-refractivity contribution in [1.82, 2.24) is 4.90 Å². The third-order valence-electron chi connectivity index (χ3n) is 2.58. The molecular formula is C10H19N3O2. The molecule has 1 aliphatic heterocycles. The molecule has 0 spiro atoms. The van der Waals surface area contributed by atoms with Crippen molar-refractivity contribution in [3.8, 4) is 0 Å². The largest absolute Gasteiger partial charge is 0.393 e. The zero-order chi connectivity index (χ0) is 11.3. The van der Waals surface area contributed by atoms with Gasteiger partial charge >= 0.3 is 0 Å². The number of carbonyl (C=O) groups is 1. The number of amides is 1. The zero-order valence-electron chi connectivity index (χ0n) is 9.09. The molecule has 1 amide bonds. The van der Waals surface area contributed by atoms with E-state index in [-0.39, 0.29) is 12.3 Å². The number of carbonyl (C=O) groups excluding carboxylic acids is 1. The first-order valence-corrected chi connectivity index (χ1v) is 5.29. The van der Waals surface area contributed by atoms with Crippen LogP contribution >= 0.6 is 0 Å². The van der Waals surface area contributed by atoms with Gasteiger partial charge in [-0.15, -0.1) is 0 Å². The van der Waals surface area contributed by atoms with Gasteiger partial charge < -0.3 is 15.7 Å². The summed E-state index contributed by atoms with van der Waals surface area (Å²) in [7, 11) is 0. The van der Waals surface area contributed by atoms with Gasteiger partial charge in [0.05, 0.1) is 18.9 Å². The molecule has 3 N–H and O–H groups in total. The minimum absolute atomic E-state index is 0.0317. The molecule has 5 heteroatoms. The highest BCUT2D eigenvalue weighted by Crippen LogP contribution is 2.17. The molecule has 0 aromatic rings. The number of hydrogen-bond acceptors (Lipinski definition) is 3. The van der Waals surface area contributed by atoms with E-state index < -0.39 is 6.10 Å². The van der Waals surface area contributed by atoms with Crippen LogP contribution in [0.15, 0.2) is 4.99 Å². The summed E-state index contributed by atoms with van der Waals surface area (Å²) in [6.07, 6.45) is 1.94. The van der Waals surface area contributed by atoms with E-state index in [1.54, 1.807) is 11.8 Å². The highest BCUT2D eigenvalue weighted by Gasteiger charge is 2.26. The first-order valence-electron chi connectivity index (χ1n) is 5.29. The number of likely N-dealkylation sites (tertiary alicyclic amines) is 1. The summed E-state index contributed by atoms with van der Waals surface area (Å²) in [6.45, 7) is 3.83. The van der Waals surface area contributed by atoms with Gasteiger partial charge in [0.15, 0.2) is 0 Å². The van der Waals surface area contributed by atoms with Gasteiger partial charge in [-0.1, -0.05) is 0 Å². The lowest BCUT2D eigenvalue weighted by atomic mass is 10.1. The lowest BCUT2D eigenvalue weighted by Crippen LogP contribution is -2.31. The minimum atomic E-state index is -0.557. The van der Waals surface area contributed by atoms with Crippen LogP contribution in [0.1, 0.15) is 19.8 Å². The van der Waals surface area contributed by atoms with Crippen LogP contribution in [0.5, 0.6) is 0 Å². The Balaban J connectivity index is 2.32. The summed E-state index contributed by atoms with van der Waals surface area (Å²) in [5.74, 6) is 0.451. The van der Waals surface area contributed by atoms with Crippen LogP contribution in [0, 0.1) is 5.92 Å². The Morgan fingerprint density at radius 2 is 2.53 bits per heavy atom. The maximum atomic E-state index is 11.6. The van der Waals surface area contributed by atoms with Crippen LogP contribution in [0.2, 0.25) is 0 Å². The van der Waals surface area contributed by atoms with Crippen molar-refractivity contribution in [2.45, 2.75) is 25.9 Å². The molecule has 2 atom stereocenters. The Kier molecular flexibility index (Phi) is 4.55. The number of nitrogens with zero attached hydrogens (tertiary/aromatic N) is 2. The number of aliphatic hydroxyl groups is 1. The Hall–Kier alpha value is -1.10. The summed E-state index contributed by atoms with van der Waals surface area (Å²) in [5.41, 5.74) is 5.16. The molecule has 0 aliphatic carbocycles. The first-order chi connectivity index (χ1) is 7.13. The Bertz CT molecular complexity index is 241. The van der Waals surface area contributed by atoms with Gasteiger partial charge in [0, 0.05) is 19.6 Å². The van der Waals surface area contributed by atoms with Gasteiger partial charge in [-0.05, 0) is 19.3 Å². The quantitative estimate of drug-likeness (QED) is 0.492. The Morgan fingerprint density at radius 3 is 3.13 bits per heavy atom. The summed E-state index contributed by atoms with van der Waals surface area (Å²) in [5, 5.41) is 9.10. The lowest BCUT2D eigenvalue weighted by molar-refractivity contribution is -0.132. The van der Waals surface area contributed by atoms with Crippen molar-refractivity contribution in [2.24, 2.45) is 16.6 Å². The second kappa shape index (κ2) is 5.70. The topological polar surface area (TPSA) is 78.9 Å². The number of hydrogen-bond donors (Lipinski definition) is 2. The van der Waals surface area contributed by atoms with Crippen LogP contribution in [0.3, 0.4) is 0 Å². The van der Waals surface area contributed by atoms with E-state index in [0.29, 0.717) is 12.5 Å². The fourth-order valence-corrected chi connectivity index (χ4v) is 1.80. The summed E-state index contributed by atoms with van der Waals surface area (Å²) in [4.78, 5) is 17.3.